The molecular formula is C20H46O14. The Morgan fingerprint density at radius 3 is 0.824 bits per heavy atom. The van der Waals surface area contributed by atoms with Crippen LogP contribution < -0.4 is 0 Å². The lowest BCUT2D eigenvalue weighted by Gasteiger charge is -2.48. The normalized spacial score (nSPS) is 14.1. The van der Waals surface area contributed by atoms with Gasteiger partial charge in [-0.05, 0) is 41.0 Å². The average molecular weight is 511 g/mol. The molecule has 0 rings (SSSR count). The summed E-state index contributed by atoms with van der Waals surface area (Å²) in [5.41, 5.74) is -6.51. The van der Waals surface area contributed by atoms with E-state index in [0.717, 1.165) is 34.6 Å². The second kappa shape index (κ2) is 13.7. The first-order chi connectivity index (χ1) is 14.9. The SMILES string of the molecule is CC(C)(O)C(O)(O)C(C)(C)C(O)(O)O.CC(O)(O)C(CO)(CO)CO.CCC(CO)(CO)CO. The predicted molar refractivity (Wildman–Crippen MR) is 117 cm³/mol. The molecule has 0 fully saturated rings. The zero-order chi connectivity index (χ0) is 28.4. The van der Waals surface area contributed by atoms with Crippen LogP contribution >= 0.6 is 0 Å². The lowest BCUT2D eigenvalue weighted by Crippen LogP contribution is -2.67. The molecule has 0 saturated carbocycles. The van der Waals surface area contributed by atoms with Crippen molar-refractivity contribution in [2.24, 2.45) is 16.2 Å². The van der Waals surface area contributed by atoms with E-state index in [9.17, 15) is 15.3 Å². The van der Waals surface area contributed by atoms with E-state index in [-0.39, 0.29) is 19.8 Å². The van der Waals surface area contributed by atoms with Gasteiger partial charge in [-0.15, -0.1) is 0 Å². The molecule has 0 aromatic carbocycles. The van der Waals surface area contributed by atoms with E-state index < -0.39 is 59.2 Å². The van der Waals surface area contributed by atoms with Gasteiger partial charge < -0.3 is 71.5 Å². The molecule has 14 heteroatoms. The molecule has 0 atom stereocenters. The van der Waals surface area contributed by atoms with Crippen molar-refractivity contribution in [3.05, 3.63) is 0 Å². The van der Waals surface area contributed by atoms with Crippen molar-refractivity contribution in [1.82, 2.24) is 0 Å². The fraction of sp³-hybridized carbons (Fsp3) is 1.00. The molecule has 210 valence electrons. The highest BCUT2D eigenvalue weighted by molar-refractivity contribution is 4.98. The third-order valence-electron chi connectivity index (χ3n) is 6.23. The highest BCUT2D eigenvalue weighted by Crippen LogP contribution is 2.42. The Morgan fingerprint density at radius 1 is 0.500 bits per heavy atom. The number of hydrogen-bond acceptors (Lipinski definition) is 14. The second-order valence-electron chi connectivity index (χ2n) is 9.60. The number of aliphatic hydroxyl groups is 14. The van der Waals surface area contributed by atoms with Gasteiger partial charge in [0.05, 0.1) is 45.1 Å². The van der Waals surface area contributed by atoms with E-state index in [2.05, 4.69) is 0 Å². The molecule has 0 saturated heterocycles. The maximum atomic E-state index is 9.54. The van der Waals surface area contributed by atoms with Crippen molar-refractivity contribution < 1.29 is 71.5 Å². The van der Waals surface area contributed by atoms with Gasteiger partial charge in [0.2, 0.25) is 5.79 Å². The van der Waals surface area contributed by atoms with Crippen molar-refractivity contribution in [1.29, 1.82) is 0 Å². The zero-order valence-corrected chi connectivity index (χ0v) is 20.7. The summed E-state index contributed by atoms with van der Waals surface area (Å²) in [5, 5.41) is 125. The second-order valence-corrected chi connectivity index (χ2v) is 9.60. The fourth-order valence-electron chi connectivity index (χ4n) is 2.08. The summed E-state index contributed by atoms with van der Waals surface area (Å²) in [6, 6.07) is 0. The first kappa shape index (κ1) is 38.0. The van der Waals surface area contributed by atoms with Crippen LogP contribution in [0.25, 0.3) is 0 Å². The molecule has 0 unspecified atom stereocenters. The monoisotopic (exact) mass is 510 g/mol. The Labute approximate surface area is 199 Å². The minimum atomic E-state index is -3.32. The summed E-state index contributed by atoms with van der Waals surface area (Å²) in [4.78, 5) is 0. The van der Waals surface area contributed by atoms with Crippen LogP contribution in [0.1, 0.15) is 48.0 Å². The number of aliphatic hydroxyl groups excluding tert-OH is 6. The van der Waals surface area contributed by atoms with Crippen LogP contribution in [0.3, 0.4) is 0 Å². The molecule has 0 spiro atoms. The Kier molecular flexibility index (Phi) is 15.3. The quantitative estimate of drug-likeness (QED) is 0.116. The van der Waals surface area contributed by atoms with Crippen LogP contribution in [-0.2, 0) is 0 Å². The van der Waals surface area contributed by atoms with Crippen molar-refractivity contribution in [3.63, 3.8) is 0 Å². The van der Waals surface area contributed by atoms with Gasteiger partial charge in [0.1, 0.15) is 11.0 Å². The molecule has 0 heterocycles. The highest BCUT2D eigenvalue weighted by Gasteiger charge is 2.61. The first-order valence-electron chi connectivity index (χ1n) is 10.4. The van der Waals surface area contributed by atoms with Gasteiger partial charge in [-0.3, -0.25) is 0 Å². The van der Waals surface area contributed by atoms with Crippen LogP contribution in [0, 0.1) is 16.2 Å². The van der Waals surface area contributed by atoms with Crippen LogP contribution in [0.15, 0.2) is 0 Å². The Hall–Kier alpha value is -0.560. The van der Waals surface area contributed by atoms with Gasteiger partial charge in [0.25, 0.3) is 5.97 Å². The standard InChI is InChI=1S/C8H18O6.C6H14O5.C6H14O3/c1-5(2,8(12,13)14)7(10,11)6(3,4)9;1-5(10,11)6(2-7,3-8)4-9;1-2-6(3-7,4-8)5-9/h9-14H,1-4H3;7-11H,2-4H2,1H3;7-9H,2-5H2,1H3. The molecule has 34 heavy (non-hydrogen) atoms. The molecule has 0 aromatic heterocycles. The Balaban J connectivity index is -0.000000435. The minimum absolute atomic E-state index is 0.156. The van der Waals surface area contributed by atoms with Crippen molar-refractivity contribution in [3.8, 4) is 0 Å². The average Bonchev–Trinajstić information content (AvgIpc) is 2.70. The van der Waals surface area contributed by atoms with Gasteiger partial charge in [-0.1, -0.05) is 6.92 Å². The topological polar surface area (TPSA) is 283 Å². The van der Waals surface area contributed by atoms with Crippen LogP contribution in [-0.4, -0.2) is 134 Å². The summed E-state index contributed by atoms with van der Waals surface area (Å²) in [5.74, 6) is -8.49. The van der Waals surface area contributed by atoms with E-state index in [1.165, 1.54) is 0 Å². The third kappa shape index (κ3) is 9.15. The molecule has 0 aromatic rings. The van der Waals surface area contributed by atoms with E-state index in [0.29, 0.717) is 6.42 Å². The highest BCUT2D eigenvalue weighted by atomic mass is 16.7. The molecular weight excluding hydrogens is 464 g/mol. The van der Waals surface area contributed by atoms with Crippen LogP contribution in [0.5, 0.6) is 0 Å². The number of hydrogen-bond donors (Lipinski definition) is 14. The van der Waals surface area contributed by atoms with Crippen LogP contribution in [0.4, 0.5) is 0 Å². The molecule has 14 N–H and O–H groups in total. The van der Waals surface area contributed by atoms with Crippen molar-refractivity contribution in [2.45, 2.75) is 71.1 Å². The molecule has 0 aliphatic rings. The zero-order valence-electron chi connectivity index (χ0n) is 20.7. The fourth-order valence-corrected chi connectivity index (χ4v) is 2.08. The minimum Gasteiger partial charge on any atom is -0.396 e. The van der Waals surface area contributed by atoms with Gasteiger partial charge in [0, 0.05) is 5.41 Å². The molecule has 0 amide bonds. The largest absolute Gasteiger partial charge is 0.396 e. The molecule has 0 bridgehead atoms. The van der Waals surface area contributed by atoms with E-state index in [4.69, 9.17) is 56.2 Å². The third-order valence-corrected chi connectivity index (χ3v) is 6.23. The summed E-state index contributed by atoms with van der Waals surface area (Å²) < 4.78 is 0. The smallest absolute Gasteiger partial charge is 0.286 e. The summed E-state index contributed by atoms with van der Waals surface area (Å²) in [6.45, 7) is 4.40. The van der Waals surface area contributed by atoms with E-state index >= 15 is 0 Å². The van der Waals surface area contributed by atoms with Gasteiger partial charge in [-0.25, -0.2) is 0 Å². The lowest BCUT2D eigenvalue weighted by molar-refractivity contribution is -0.445. The Bertz CT molecular complexity index is 485. The predicted octanol–water partition coefficient (Wildman–Crippen LogP) is -4.89. The lowest BCUT2D eigenvalue weighted by atomic mass is 9.73. The van der Waals surface area contributed by atoms with Crippen LogP contribution in [0.2, 0.25) is 0 Å². The maximum absolute atomic E-state index is 9.54. The molecule has 0 aliphatic heterocycles. The van der Waals surface area contributed by atoms with Crippen molar-refractivity contribution in [2.75, 3.05) is 39.6 Å². The molecule has 0 aliphatic carbocycles. The Morgan fingerprint density at radius 2 is 0.794 bits per heavy atom. The van der Waals surface area contributed by atoms with Crippen molar-refractivity contribution >= 4 is 0 Å². The van der Waals surface area contributed by atoms with Gasteiger partial charge in [-0.2, -0.15) is 0 Å². The first-order valence-corrected chi connectivity index (χ1v) is 10.4. The number of rotatable bonds is 11. The summed E-state index contributed by atoms with van der Waals surface area (Å²) >= 11 is 0. The summed E-state index contributed by atoms with van der Waals surface area (Å²) in [6.07, 6.45) is 0.594. The van der Waals surface area contributed by atoms with Gasteiger partial charge >= 0.3 is 0 Å². The van der Waals surface area contributed by atoms with E-state index in [1.54, 1.807) is 0 Å². The molecule has 14 nitrogen and oxygen atoms in total. The maximum Gasteiger partial charge on any atom is 0.286 e. The molecule has 0 radical (unpaired) electrons. The van der Waals surface area contributed by atoms with Gasteiger partial charge in [0.15, 0.2) is 5.79 Å². The van der Waals surface area contributed by atoms with E-state index in [1.807, 2.05) is 6.92 Å². The summed E-state index contributed by atoms with van der Waals surface area (Å²) in [7, 11) is 0.